The van der Waals surface area contributed by atoms with Crippen LogP contribution in [-0.2, 0) is 6.42 Å². The second-order valence-corrected chi connectivity index (χ2v) is 7.40. The van der Waals surface area contributed by atoms with E-state index in [0.29, 0.717) is 43.0 Å². The van der Waals surface area contributed by atoms with Gasteiger partial charge < -0.3 is 14.7 Å². The van der Waals surface area contributed by atoms with E-state index in [2.05, 4.69) is 22.2 Å². The maximum Gasteiger partial charge on any atom is 0.323 e. The maximum atomic E-state index is 12.5. The summed E-state index contributed by atoms with van der Waals surface area (Å²) in [6.07, 6.45) is 5.77. The SMILES string of the molecule is CCCCc1ccc(OC)c2ncc(NC(=O)N3CCC(C)(O)CC3)nc12. The standard InChI is InChI=1S/C20H28N4O3/c1-4-5-6-14-7-8-15(27-3)18-17(14)22-16(13-21-18)23-19(25)24-11-9-20(2,26)10-12-24/h7-8,13,26H,4-6,9-12H2,1-3H3,(H,22,23,25). The topological polar surface area (TPSA) is 87.6 Å². The van der Waals surface area contributed by atoms with Crippen LogP contribution in [0.4, 0.5) is 10.6 Å². The number of nitrogens with one attached hydrogen (secondary N) is 1. The van der Waals surface area contributed by atoms with Gasteiger partial charge in [0.2, 0.25) is 0 Å². The summed E-state index contributed by atoms with van der Waals surface area (Å²) in [6.45, 7) is 5.01. The van der Waals surface area contributed by atoms with Crippen LogP contribution < -0.4 is 10.1 Å². The zero-order valence-electron chi connectivity index (χ0n) is 16.3. The molecule has 2 heterocycles. The predicted octanol–water partition coefficient (Wildman–Crippen LogP) is 3.36. The number of rotatable bonds is 5. The Hall–Kier alpha value is -2.41. The Morgan fingerprint density at radius 1 is 1.33 bits per heavy atom. The molecule has 2 amide bonds. The van der Waals surface area contributed by atoms with Crippen LogP contribution >= 0.6 is 0 Å². The third kappa shape index (κ3) is 4.47. The van der Waals surface area contributed by atoms with Crippen LogP contribution in [0.5, 0.6) is 5.75 Å². The fourth-order valence-electron chi connectivity index (χ4n) is 3.30. The van der Waals surface area contributed by atoms with E-state index in [1.165, 1.54) is 0 Å². The molecule has 0 spiro atoms. The fraction of sp³-hybridized carbons (Fsp3) is 0.550. The molecule has 146 valence electrons. The van der Waals surface area contributed by atoms with Crippen molar-refractivity contribution in [2.45, 2.75) is 51.6 Å². The minimum Gasteiger partial charge on any atom is -0.494 e. The van der Waals surface area contributed by atoms with Gasteiger partial charge in [-0.15, -0.1) is 0 Å². The van der Waals surface area contributed by atoms with Gasteiger partial charge in [0.15, 0.2) is 5.82 Å². The highest BCUT2D eigenvalue weighted by Crippen LogP contribution is 2.28. The number of unbranched alkanes of at least 4 members (excludes halogenated alkanes) is 1. The Labute approximate surface area is 159 Å². The van der Waals surface area contributed by atoms with Gasteiger partial charge in [0, 0.05) is 13.1 Å². The van der Waals surface area contributed by atoms with Crippen LogP contribution in [0, 0.1) is 0 Å². The fourth-order valence-corrected chi connectivity index (χ4v) is 3.30. The predicted molar refractivity (Wildman–Crippen MR) is 105 cm³/mol. The Balaban J connectivity index is 1.81. The smallest absolute Gasteiger partial charge is 0.323 e. The summed E-state index contributed by atoms with van der Waals surface area (Å²) in [5.74, 6) is 1.10. The molecule has 1 saturated heterocycles. The summed E-state index contributed by atoms with van der Waals surface area (Å²) in [6, 6.07) is 3.72. The summed E-state index contributed by atoms with van der Waals surface area (Å²) in [5, 5.41) is 12.9. The molecule has 1 aromatic heterocycles. The van der Waals surface area contributed by atoms with Gasteiger partial charge in [-0.2, -0.15) is 0 Å². The molecule has 7 heteroatoms. The highest BCUT2D eigenvalue weighted by Gasteiger charge is 2.29. The van der Waals surface area contributed by atoms with Crippen molar-refractivity contribution < 1.29 is 14.6 Å². The second-order valence-electron chi connectivity index (χ2n) is 7.40. The number of carbonyl (C=O) groups excluding carboxylic acids is 1. The average Bonchev–Trinajstić information content (AvgIpc) is 2.65. The highest BCUT2D eigenvalue weighted by molar-refractivity contribution is 5.91. The lowest BCUT2D eigenvalue weighted by molar-refractivity contribution is 0.00569. The third-order valence-electron chi connectivity index (χ3n) is 5.13. The Morgan fingerprint density at radius 3 is 2.74 bits per heavy atom. The minimum absolute atomic E-state index is 0.211. The zero-order valence-corrected chi connectivity index (χ0v) is 16.3. The van der Waals surface area contributed by atoms with Crippen LogP contribution in [-0.4, -0.2) is 51.8 Å². The summed E-state index contributed by atoms with van der Waals surface area (Å²) in [7, 11) is 1.61. The number of anilines is 1. The number of aryl methyl sites for hydroxylation is 1. The number of likely N-dealkylation sites (tertiary alicyclic amines) is 1. The number of amides is 2. The van der Waals surface area contributed by atoms with E-state index in [4.69, 9.17) is 4.74 Å². The van der Waals surface area contributed by atoms with Crippen LogP contribution in [0.15, 0.2) is 18.3 Å². The van der Waals surface area contributed by atoms with Crippen LogP contribution in [0.2, 0.25) is 0 Å². The van der Waals surface area contributed by atoms with Crippen molar-refractivity contribution in [3.8, 4) is 5.75 Å². The van der Waals surface area contributed by atoms with Crippen LogP contribution in [0.1, 0.15) is 45.1 Å². The number of hydrogen-bond acceptors (Lipinski definition) is 5. The molecule has 0 saturated carbocycles. The lowest BCUT2D eigenvalue weighted by Gasteiger charge is -2.35. The van der Waals surface area contributed by atoms with Crippen molar-refractivity contribution in [3.63, 3.8) is 0 Å². The van der Waals surface area contributed by atoms with E-state index in [1.54, 1.807) is 18.2 Å². The number of benzene rings is 1. The van der Waals surface area contributed by atoms with E-state index in [-0.39, 0.29) is 6.03 Å². The quantitative estimate of drug-likeness (QED) is 0.840. The molecule has 0 atom stereocenters. The van der Waals surface area contributed by atoms with Gasteiger partial charge in [-0.25, -0.2) is 14.8 Å². The highest BCUT2D eigenvalue weighted by atomic mass is 16.5. The Kier molecular flexibility index (Phi) is 5.79. The van der Waals surface area contributed by atoms with Gasteiger partial charge in [0.05, 0.1) is 24.4 Å². The summed E-state index contributed by atoms with van der Waals surface area (Å²) in [4.78, 5) is 23.4. The maximum absolute atomic E-state index is 12.5. The molecule has 2 aromatic rings. The summed E-state index contributed by atoms with van der Waals surface area (Å²) >= 11 is 0. The monoisotopic (exact) mass is 372 g/mol. The first-order valence-corrected chi connectivity index (χ1v) is 9.54. The summed E-state index contributed by atoms with van der Waals surface area (Å²) < 4.78 is 5.40. The molecular weight excluding hydrogens is 344 g/mol. The molecule has 1 aromatic carbocycles. The number of ether oxygens (including phenoxy) is 1. The Bertz CT molecular complexity index is 812. The average molecular weight is 372 g/mol. The number of hydrogen-bond donors (Lipinski definition) is 2. The molecule has 3 rings (SSSR count). The van der Waals surface area contributed by atoms with Crippen molar-refractivity contribution in [2.75, 3.05) is 25.5 Å². The lowest BCUT2D eigenvalue weighted by atomic mass is 9.94. The minimum atomic E-state index is -0.690. The van der Waals surface area contributed by atoms with Crippen LogP contribution in [0.25, 0.3) is 11.0 Å². The van der Waals surface area contributed by atoms with Crippen molar-refractivity contribution in [1.29, 1.82) is 0 Å². The summed E-state index contributed by atoms with van der Waals surface area (Å²) in [5.41, 5.74) is 1.88. The number of aromatic nitrogens is 2. The van der Waals surface area contributed by atoms with Crippen molar-refractivity contribution >= 4 is 22.9 Å². The molecule has 0 aliphatic carbocycles. The Morgan fingerprint density at radius 2 is 2.07 bits per heavy atom. The number of piperidine rings is 1. The normalized spacial score (nSPS) is 16.4. The van der Waals surface area contributed by atoms with Gasteiger partial charge in [-0.3, -0.25) is 5.32 Å². The van der Waals surface area contributed by atoms with E-state index >= 15 is 0 Å². The second kappa shape index (κ2) is 8.08. The lowest BCUT2D eigenvalue weighted by Crippen LogP contribution is -2.46. The van der Waals surface area contributed by atoms with E-state index in [0.717, 1.165) is 30.3 Å². The molecule has 1 fully saturated rings. The van der Waals surface area contributed by atoms with Crippen molar-refractivity contribution in [1.82, 2.24) is 14.9 Å². The first-order chi connectivity index (χ1) is 12.9. The molecule has 7 nitrogen and oxygen atoms in total. The van der Waals surface area contributed by atoms with Gasteiger partial charge in [0.25, 0.3) is 0 Å². The first kappa shape index (κ1) is 19.4. The number of urea groups is 1. The van der Waals surface area contributed by atoms with E-state index < -0.39 is 5.60 Å². The van der Waals surface area contributed by atoms with Gasteiger partial charge in [0.1, 0.15) is 11.3 Å². The number of carbonyl (C=O) groups is 1. The van der Waals surface area contributed by atoms with Gasteiger partial charge in [-0.1, -0.05) is 19.4 Å². The molecule has 0 radical (unpaired) electrons. The van der Waals surface area contributed by atoms with Crippen LogP contribution in [0.3, 0.4) is 0 Å². The molecular formula is C20H28N4O3. The van der Waals surface area contributed by atoms with E-state index in [9.17, 15) is 9.90 Å². The van der Waals surface area contributed by atoms with Crippen molar-refractivity contribution in [2.24, 2.45) is 0 Å². The number of nitrogens with zero attached hydrogens (tertiary/aromatic N) is 3. The number of methoxy groups -OCH3 is 1. The van der Waals surface area contributed by atoms with Gasteiger partial charge in [-0.05, 0) is 44.2 Å². The molecule has 0 bridgehead atoms. The molecule has 2 N–H and O–H groups in total. The molecule has 27 heavy (non-hydrogen) atoms. The van der Waals surface area contributed by atoms with E-state index in [1.807, 2.05) is 19.1 Å². The number of aliphatic hydroxyl groups is 1. The molecule has 0 unspecified atom stereocenters. The first-order valence-electron chi connectivity index (χ1n) is 9.54. The molecule has 1 aliphatic heterocycles. The third-order valence-corrected chi connectivity index (χ3v) is 5.13. The number of fused-ring (bicyclic) bond motifs is 1. The molecule has 1 aliphatic rings. The van der Waals surface area contributed by atoms with Gasteiger partial charge >= 0.3 is 6.03 Å². The zero-order chi connectivity index (χ0) is 19.4. The largest absolute Gasteiger partial charge is 0.494 e. The van der Waals surface area contributed by atoms with Crippen molar-refractivity contribution in [3.05, 3.63) is 23.9 Å².